The summed E-state index contributed by atoms with van der Waals surface area (Å²) in [5.74, 6) is -1.80. The molecule has 3 nitrogen and oxygen atoms in total. The molecule has 5 heteroatoms. The van der Waals surface area contributed by atoms with Gasteiger partial charge in [-0.1, -0.05) is 24.1 Å². The number of rotatable bonds is 7. The van der Waals surface area contributed by atoms with E-state index in [4.69, 9.17) is 16.7 Å². The zero-order chi connectivity index (χ0) is 13.5. The highest BCUT2D eigenvalue weighted by molar-refractivity contribution is 6.34. The fraction of sp³-hybridized carbons (Fsp3) is 0.385. The van der Waals surface area contributed by atoms with E-state index in [0.29, 0.717) is 19.3 Å². The lowest BCUT2D eigenvalue weighted by Gasteiger charge is -2.04. The van der Waals surface area contributed by atoms with Crippen LogP contribution in [0.15, 0.2) is 18.2 Å². The Hall–Kier alpha value is -1.42. The number of carbonyl (C=O) groups is 2. The molecule has 1 aromatic rings. The molecule has 18 heavy (non-hydrogen) atoms. The lowest BCUT2D eigenvalue weighted by molar-refractivity contribution is -0.137. The Morgan fingerprint density at radius 2 is 1.83 bits per heavy atom. The largest absolute Gasteiger partial charge is 0.481 e. The molecule has 0 saturated carbocycles. The first kappa shape index (κ1) is 14.6. The van der Waals surface area contributed by atoms with Crippen molar-refractivity contribution in [3.05, 3.63) is 34.6 Å². The smallest absolute Gasteiger partial charge is 0.303 e. The maximum absolute atomic E-state index is 13.4. The monoisotopic (exact) mass is 272 g/mol. The quantitative estimate of drug-likeness (QED) is 0.608. The minimum Gasteiger partial charge on any atom is -0.481 e. The fourth-order valence-corrected chi connectivity index (χ4v) is 1.90. The van der Waals surface area contributed by atoms with Gasteiger partial charge in [0.1, 0.15) is 5.82 Å². The maximum atomic E-state index is 13.4. The highest BCUT2D eigenvalue weighted by atomic mass is 35.5. The summed E-state index contributed by atoms with van der Waals surface area (Å²) in [5, 5.41) is 8.56. The molecule has 0 spiro atoms. The van der Waals surface area contributed by atoms with Crippen molar-refractivity contribution in [3.8, 4) is 0 Å². The highest BCUT2D eigenvalue weighted by Gasteiger charge is 2.14. The number of ketones is 1. The zero-order valence-corrected chi connectivity index (χ0v) is 10.5. The van der Waals surface area contributed by atoms with Gasteiger partial charge in [-0.2, -0.15) is 0 Å². The molecule has 1 rings (SSSR count). The maximum Gasteiger partial charge on any atom is 0.303 e. The number of unbranched alkanes of at least 4 members (excludes halogenated alkanes) is 2. The van der Waals surface area contributed by atoms with Crippen LogP contribution in [0.25, 0.3) is 0 Å². The third-order valence-electron chi connectivity index (χ3n) is 2.54. The van der Waals surface area contributed by atoms with Crippen LogP contribution < -0.4 is 0 Å². The van der Waals surface area contributed by atoms with Gasteiger partial charge in [0.05, 0.1) is 10.6 Å². The summed E-state index contributed by atoms with van der Waals surface area (Å²) in [7, 11) is 0. The van der Waals surface area contributed by atoms with Crippen molar-refractivity contribution in [1.29, 1.82) is 0 Å². The predicted octanol–water partition coefficient (Wildman–Crippen LogP) is 3.70. The topological polar surface area (TPSA) is 54.4 Å². The van der Waals surface area contributed by atoms with Crippen LogP contribution in [-0.2, 0) is 4.79 Å². The zero-order valence-electron chi connectivity index (χ0n) is 9.79. The summed E-state index contributed by atoms with van der Waals surface area (Å²) < 4.78 is 13.4. The Morgan fingerprint density at radius 3 is 2.44 bits per heavy atom. The van der Waals surface area contributed by atoms with Gasteiger partial charge in [0.15, 0.2) is 5.78 Å². The first-order chi connectivity index (χ1) is 8.52. The second kappa shape index (κ2) is 7.11. The molecule has 0 saturated heterocycles. The molecule has 0 unspecified atom stereocenters. The van der Waals surface area contributed by atoms with E-state index in [-0.39, 0.29) is 29.2 Å². The molecule has 0 heterocycles. The van der Waals surface area contributed by atoms with E-state index in [1.807, 2.05) is 0 Å². The van der Waals surface area contributed by atoms with Gasteiger partial charge in [0, 0.05) is 12.8 Å². The lowest BCUT2D eigenvalue weighted by atomic mass is 10.0. The van der Waals surface area contributed by atoms with Crippen LogP contribution in [0.3, 0.4) is 0 Å². The number of hydrogen-bond donors (Lipinski definition) is 1. The SMILES string of the molecule is O=C(O)CCCCCC(=O)c1c(F)cccc1Cl. The summed E-state index contributed by atoms with van der Waals surface area (Å²) in [6, 6.07) is 4.12. The van der Waals surface area contributed by atoms with Gasteiger partial charge in [-0.15, -0.1) is 0 Å². The second-order valence-corrected chi connectivity index (χ2v) is 4.38. The van der Waals surface area contributed by atoms with Crippen LogP contribution in [0.1, 0.15) is 42.5 Å². The molecule has 0 aliphatic rings. The number of aliphatic carboxylic acids is 1. The van der Waals surface area contributed by atoms with E-state index >= 15 is 0 Å². The minimum absolute atomic E-state index is 0.0719. The highest BCUT2D eigenvalue weighted by Crippen LogP contribution is 2.21. The summed E-state index contributed by atoms with van der Waals surface area (Å²) in [4.78, 5) is 22.0. The molecule has 98 valence electrons. The Kier molecular flexibility index (Phi) is 5.78. The van der Waals surface area contributed by atoms with Gasteiger partial charge in [0.25, 0.3) is 0 Å². The Morgan fingerprint density at radius 1 is 1.17 bits per heavy atom. The van der Waals surface area contributed by atoms with Gasteiger partial charge in [-0.05, 0) is 25.0 Å². The fourth-order valence-electron chi connectivity index (χ4n) is 1.63. The van der Waals surface area contributed by atoms with E-state index in [9.17, 15) is 14.0 Å². The van der Waals surface area contributed by atoms with Crippen LogP contribution in [0.5, 0.6) is 0 Å². The molecule has 0 atom stereocenters. The molecule has 0 aliphatic heterocycles. The van der Waals surface area contributed by atoms with Crippen molar-refractivity contribution in [3.63, 3.8) is 0 Å². The van der Waals surface area contributed by atoms with E-state index in [1.54, 1.807) is 0 Å². The molecule has 0 aliphatic carbocycles. The molecular weight excluding hydrogens is 259 g/mol. The van der Waals surface area contributed by atoms with Crippen molar-refractivity contribution in [2.75, 3.05) is 0 Å². The van der Waals surface area contributed by atoms with Crippen molar-refractivity contribution in [1.82, 2.24) is 0 Å². The van der Waals surface area contributed by atoms with E-state index in [1.165, 1.54) is 18.2 Å². The predicted molar refractivity (Wildman–Crippen MR) is 66.5 cm³/mol. The first-order valence-corrected chi connectivity index (χ1v) is 6.09. The third-order valence-corrected chi connectivity index (χ3v) is 2.85. The average molecular weight is 273 g/mol. The second-order valence-electron chi connectivity index (χ2n) is 3.97. The van der Waals surface area contributed by atoms with Gasteiger partial charge in [0.2, 0.25) is 0 Å². The molecule has 0 amide bonds. The van der Waals surface area contributed by atoms with Crippen molar-refractivity contribution in [2.45, 2.75) is 32.1 Å². The van der Waals surface area contributed by atoms with Gasteiger partial charge in [-0.25, -0.2) is 4.39 Å². The number of carboxylic acid groups (broad SMARTS) is 1. The number of carbonyl (C=O) groups excluding carboxylic acids is 1. The number of benzene rings is 1. The Balaban J connectivity index is 2.44. The molecular formula is C13H14ClFO3. The first-order valence-electron chi connectivity index (χ1n) is 5.71. The van der Waals surface area contributed by atoms with Crippen molar-refractivity contribution in [2.24, 2.45) is 0 Å². The average Bonchev–Trinajstić information content (AvgIpc) is 2.27. The molecule has 0 aromatic heterocycles. The summed E-state index contributed by atoms with van der Waals surface area (Å²) in [6.07, 6.45) is 1.96. The van der Waals surface area contributed by atoms with Crippen LogP contribution in [0.4, 0.5) is 4.39 Å². The Bertz CT molecular complexity index is 426. The number of hydrogen-bond acceptors (Lipinski definition) is 2. The van der Waals surface area contributed by atoms with Gasteiger partial charge < -0.3 is 5.11 Å². The van der Waals surface area contributed by atoms with Crippen LogP contribution in [0.2, 0.25) is 5.02 Å². The summed E-state index contributed by atoms with van der Waals surface area (Å²) >= 11 is 5.77. The molecule has 0 bridgehead atoms. The van der Waals surface area contributed by atoms with Crippen molar-refractivity contribution >= 4 is 23.4 Å². The summed E-state index contributed by atoms with van der Waals surface area (Å²) in [6.45, 7) is 0. The Labute approximate surface area is 110 Å². The van der Waals surface area contributed by atoms with E-state index in [2.05, 4.69) is 0 Å². The van der Waals surface area contributed by atoms with Crippen LogP contribution in [-0.4, -0.2) is 16.9 Å². The third kappa shape index (κ3) is 4.45. The van der Waals surface area contributed by atoms with Gasteiger partial charge >= 0.3 is 5.97 Å². The molecule has 0 radical (unpaired) electrons. The number of Topliss-reactive ketones (excluding diaryl/α,β-unsaturated/α-hetero) is 1. The van der Waals surface area contributed by atoms with E-state index < -0.39 is 11.8 Å². The lowest BCUT2D eigenvalue weighted by Crippen LogP contribution is -2.03. The number of carboxylic acids is 1. The normalized spacial score (nSPS) is 10.3. The standard InChI is InChI=1S/C13H14ClFO3/c14-9-5-4-6-10(15)13(9)11(16)7-2-1-3-8-12(17)18/h4-6H,1-3,7-8H2,(H,17,18). The molecule has 0 fully saturated rings. The molecule has 1 N–H and O–H groups in total. The van der Waals surface area contributed by atoms with Crippen LogP contribution in [0, 0.1) is 5.82 Å². The minimum atomic E-state index is -0.849. The number of halogens is 2. The van der Waals surface area contributed by atoms with Crippen LogP contribution >= 0.6 is 11.6 Å². The summed E-state index contributed by atoms with van der Waals surface area (Å²) in [5.41, 5.74) is -0.0719. The van der Waals surface area contributed by atoms with E-state index in [0.717, 1.165) is 0 Å². The van der Waals surface area contributed by atoms with Crippen molar-refractivity contribution < 1.29 is 19.1 Å². The molecule has 1 aromatic carbocycles. The van der Waals surface area contributed by atoms with Gasteiger partial charge in [-0.3, -0.25) is 9.59 Å².